The van der Waals surface area contributed by atoms with Crippen molar-refractivity contribution in [3.63, 3.8) is 0 Å². The van der Waals surface area contributed by atoms with E-state index in [4.69, 9.17) is 22.7 Å². The summed E-state index contributed by atoms with van der Waals surface area (Å²) in [5.41, 5.74) is 6.38. The third-order valence-corrected chi connectivity index (χ3v) is 2.52. The van der Waals surface area contributed by atoms with Gasteiger partial charge in [-0.25, -0.2) is 14.5 Å². The minimum Gasteiger partial charge on any atom is -0.462 e. The lowest BCUT2D eigenvalue weighted by Gasteiger charge is -2.02. The van der Waals surface area contributed by atoms with Crippen molar-refractivity contribution < 1.29 is 9.53 Å². The van der Waals surface area contributed by atoms with Crippen molar-refractivity contribution in [3.8, 4) is 5.82 Å². The van der Waals surface area contributed by atoms with Crippen molar-refractivity contribution in [3.05, 3.63) is 41.9 Å². The number of pyridine rings is 1. The van der Waals surface area contributed by atoms with Gasteiger partial charge in [0.1, 0.15) is 4.99 Å². The number of esters is 1. The summed E-state index contributed by atoms with van der Waals surface area (Å²) < 4.78 is 6.35. The molecule has 2 aromatic rings. The van der Waals surface area contributed by atoms with Crippen molar-refractivity contribution in [2.75, 3.05) is 6.61 Å². The molecule has 0 unspecified atom stereocenters. The van der Waals surface area contributed by atoms with Crippen LogP contribution >= 0.6 is 12.2 Å². The molecule has 6 nitrogen and oxygen atoms in total. The van der Waals surface area contributed by atoms with Crippen LogP contribution in [-0.4, -0.2) is 32.3 Å². The van der Waals surface area contributed by atoms with Crippen LogP contribution < -0.4 is 5.73 Å². The second kappa shape index (κ2) is 5.57. The summed E-state index contributed by atoms with van der Waals surface area (Å²) in [5.74, 6) is 0.111. The zero-order valence-electron chi connectivity index (χ0n) is 10.2. The lowest BCUT2D eigenvalue weighted by molar-refractivity contribution is 0.0526. The summed E-state index contributed by atoms with van der Waals surface area (Å²) in [5, 5.41) is 4.06. The standard InChI is InChI=1S/C12H12N4O2S/c1-2-18-12(17)8-6-14-16(7-8)10-5-3-4-9(15-10)11(13)19/h3-7H,2H2,1H3,(H2,13,19). The minimum atomic E-state index is -0.417. The van der Waals surface area contributed by atoms with Gasteiger partial charge in [0, 0.05) is 6.20 Å². The lowest BCUT2D eigenvalue weighted by Crippen LogP contribution is -2.13. The molecule has 0 aliphatic carbocycles. The van der Waals surface area contributed by atoms with Gasteiger partial charge in [0.25, 0.3) is 0 Å². The number of carbonyl (C=O) groups excluding carboxylic acids is 1. The first-order valence-electron chi connectivity index (χ1n) is 5.61. The zero-order chi connectivity index (χ0) is 13.8. The molecule has 0 radical (unpaired) electrons. The normalized spacial score (nSPS) is 10.2. The summed E-state index contributed by atoms with van der Waals surface area (Å²) in [6, 6.07) is 5.22. The van der Waals surface area contributed by atoms with Crippen molar-refractivity contribution in [2.24, 2.45) is 5.73 Å². The molecule has 2 rings (SSSR count). The maximum Gasteiger partial charge on any atom is 0.341 e. The molecular weight excluding hydrogens is 264 g/mol. The number of ether oxygens (including phenoxy) is 1. The SMILES string of the molecule is CCOC(=O)c1cnn(-c2cccc(C(N)=S)n2)c1. The van der Waals surface area contributed by atoms with Crippen molar-refractivity contribution in [1.82, 2.24) is 14.8 Å². The Hall–Kier alpha value is -2.28. The maximum atomic E-state index is 11.5. The van der Waals surface area contributed by atoms with Gasteiger partial charge in [-0.2, -0.15) is 5.10 Å². The van der Waals surface area contributed by atoms with Crippen LogP contribution in [0.3, 0.4) is 0 Å². The average Bonchev–Trinajstić information content (AvgIpc) is 2.89. The monoisotopic (exact) mass is 276 g/mol. The second-order valence-electron chi connectivity index (χ2n) is 3.64. The molecule has 7 heteroatoms. The van der Waals surface area contributed by atoms with Crippen LogP contribution in [0.25, 0.3) is 5.82 Å². The Morgan fingerprint density at radius 1 is 1.53 bits per heavy atom. The molecule has 98 valence electrons. The Kier molecular flexibility index (Phi) is 3.86. The Morgan fingerprint density at radius 3 is 3.00 bits per heavy atom. The maximum absolute atomic E-state index is 11.5. The summed E-state index contributed by atoms with van der Waals surface area (Å²) in [7, 11) is 0. The molecule has 2 aromatic heterocycles. The van der Waals surface area contributed by atoms with Crippen LogP contribution in [0.5, 0.6) is 0 Å². The van der Waals surface area contributed by atoms with E-state index in [1.54, 1.807) is 31.3 Å². The number of hydrogen-bond acceptors (Lipinski definition) is 5. The minimum absolute atomic E-state index is 0.208. The molecular formula is C12H12N4O2S. The largest absolute Gasteiger partial charge is 0.462 e. The molecule has 0 aliphatic rings. The van der Waals surface area contributed by atoms with Crippen LogP contribution in [0.1, 0.15) is 23.0 Å². The topological polar surface area (TPSA) is 83.0 Å². The number of nitrogens with zero attached hydrogens (tertiary/aromatic N) is 3. The Labute approximate surface area is 115 Å². The van der Waals surface area contributed by atoms with Gasteiger partial charge < -0.3 is 10.5 Å². The first-order valence-corrected chi connectivity index (χ1v) is 6.01. The smallest absolute Gasteiger partial charge is 0.341 e. The first-order chi connectivity index (χ1) is 9.11. The average molecular weight is 276 g/mol. The first kappa shape index (κ1) is 13.2. The van der Waals surface area contributed by atoms with E-state index < -0.39 is 5.97 Å². The molecule has 0 saturated carbocycles. The predicted molar refractivity (Wildman–Crippen MR) is 73.2 cm³/mol. The highest BCUT2D eigenvalue weighted by atomic mass is 32.1. The van der Waals surface area contributed by atoms with Gasteiger partial charge >= 0.3 is 5.97 Å². The summed E-state index contributed by atoms with van der Waals surface area (Å²) in [6.07, 6.45) is 2.97. The fourth-order valence-corrected chi connectivity index (χ4v) is 1.57. The number of nitrogens with two attached hydrogens (primary N) is 1. The zero-order valence-corrected chi connectivity index (χ0v) is 11.1. The van der Waals surface area contributed by atoms with Gasteiger partial charge in [0.05, 0.1) is 24.1 Å². The van der Waals surface area contributed by atoms with E-state index in [0.717, 1.165) is 0 Å². The van der Waals surface area contributed by atoms with E-state index >= 15 is 0 Å². The number of aromatic nitrogens is 3. The van der Waals surface area contributed by atoms with E-state index in [9.17, 15) is 4.79 Å². The number of carbonyl (C=O) groups is 1. The quantitative estimate of drug-likeness (QED) is 0.664. The third-order valence-electron chi connectivity index (χ3n) is 2.32. The van der Waals surface area contributed by atoms with Crippen LogP contribution in [0.2, 0.25) is 0 Å². The van der Waals surface area contributed by atoms with E-state index in [-0.39, 0.29) is 4.99 Å². The molecule has 0 saturated heterocycles. The van der Waals surface area contributed by atoms with E-state index in [1.165, 1.54) is 10.9 Å². The molecule has 2 N–H and O–H groups in total. The van der Waals surface area contributed by atoms with Crippen LogP contribution in [0.15, 0.2) is 30.6 Å². The molecule has 19 heavy (non-hydrogen) atoms. The molecule has 2 heterocycles. The number of hydrogen-bond donors (Lipinski definition) is 1. The van der Waals surface area contributed by atoms with Crippen molar-refractivity contribution >= 4 is 23.2 Å². The third kappa shape index (κ3) is 2.94. The van der Waals surface area contributed by atoms with Gasteiger partial charge in [-0.05, 0) is 19.1 Å². The Balaban J connectivity index is 2.30. The second-order valence-corrected chi connectivity index (χ2v) is 4.08. The highest BCUT2D eigenvalue weighted by Gasteiger charge is 2.11. The van der Waals surface area contributed by atoms with Gasteiger partial charge in [-0.15, -0.1) is 0 Å². The van der Waals surface area contributed by atoms with Gasteiger partial charge in [-0.1, -0.05) is 18.3 Å². The van der Waals surface area contributed by atoms with Crippen LogP contribution in [-0.2, 0) is 4.74 Å². The Morgan fingerprint density at radius 2 is 2.32 bits per heavy atom. The molecule has 0 amide bonds. The molecule has 0 aromatic carbocycles. The fourth-order valence-electron chi connectivity index (χ4n) is 1.46. The molecule has 0 bridgehead atoms. The highest BCUT2D eigenvalue weighted by molar-refractivity contribution is 7.80. The molecule has 0 aliphatic heterocycles. The lowest BCUT2D eigenvalue weighted by atomic mass is 10.3. The van der Waals surface area contributed by atoms with Crippen LogP contribution in [0, 0.1) is 0 Å². The molecule has 0 spiro atoms. The van der Waals surface area contributed by atoms with Crippen molar-refractivity contribution in [2.45, 2.75) is 6.92 Å². The van der Waals surface area contributed by atoms with Gasteiger partial charge in [-0.3, -0.25) is 0 Å². The fraction of sp³-hybridized carbons (Fsp3) is 0.167. The van der Waals surface area contributed by atoms with Gasteiger partial charge in [0.2, 0.25) is 0 Å². The van der Waals surface area contributed by atoms with Crippen molar-refractivity contribution in [1.29, 1.82) is 0 Å². The molecule has 0 fully saturated rings. The molecule has 0 atom stereocenters. The summed E-state index contributed by atoms with van der Waals surface area (Å²) >= 11 is 4.86. The summed E-state index contributed by atoms with van der Waals surface area (Å²) in [4.78, 5) is 16.0. The highest BCUT2D eigenvalue weighted by Crippen LogP contribution is 2.08. The predicted octanol–water partition coefficient (Wildman–Crippen LogP) is 1.08. The van der Waals surface area contributed by atoms with E-state index in [1.807, 2.05) is 0 Å². The van der Waals surface area contributed by atoms with Crippen LogP contribution in [0.4, 0.5) is 0 Å². The Bertz CT molecular complexity index is 624. The number of thiocarbonyl (C=S) groups is 1. The van der Waals surface area contributed by atoms with E-state index in [2.05, 4.69) is 10.1 Å². The van der Waals surface area contributed by atoms with E-state index in [0.29, 0.717) is 23.7 Å². The van der Waals surface area contributed by atoms with Gasteiger partial charge in [0.15, 0.2) is 5.82 Å². The number of rotatable bonds is 4. The summed E-state index contributed by atoms with van der Waals surface area (Å²) in [6.45, 7) is 2.06.